The van der Waals surface area contributed by atoms with Crippen molar-refractivity contribution < 1.29 is 22.8 Å². The molecule has 2 amide bonds. The molecule has 5 nitrogen and oxygen atoms in total. The Morgan fingerprint density at radius 1 is 1.15 bits per heavy atom. The molecule has 0 spiro atoms. The second-order valence-electron chi connectivity index (χ2n) is 5.49. The number of carbonyl (C=O) groups excluding carboxylic acids is 2. The van der Waals surface area contributed by atoms with E-state index in [1.807, 2.05) is 0 Å². The quantitative estimate of drug-likeness (QED) is 0.729. The zero-order valence-electron chi connectivity index (χ0n) is 13.5. The molecule has 138 valence electrons. The summed E-state index contributed by atoms with van der Waals surface area (Å²) in [5, 5.41) is 4.94. The van der Waals surface area contributed by atoms with Crippen LogP contribution in [0.3, 0.4) is 0 Å². The van der Waals surface area contributed by atoms with Gasteiger partial charge in [0, 0.05) is 16.3 Å². The third-order valence-corrected chi connectivity index (χ3v) is 3.70. The molecular formula is C17H15ClF3N3O2. The SMILES string of the molecule is CC(Nc1cccc(C(N)=O)c1)C(=O)Nc1ccc(Cl)cc1C(F)(F)F. The second kappa shape index (κ2) is 7.65. The molecule has 1 unspecified atom stereocenters. The van der Waals surface area contributed by atoms with Gasteiger partial charge in [0.25, 0.3) is 0 Å². The monoisotopic (exact) mass is 385 g/mol. The molecule has 0 radical (unpaired) electrons. The van der Waals surface area contributed by atoms with Gasteiger partial charge >= 0.3 is 6.18 Å². The number of halogens is 4. The van der Waals surface area contributed by atoms with Gasteiger partial charge in [0.05, 0.1) is 11.3 Å². The van der Waals surface area contributed by atoms with Crippen molar-refractivity contribution in [3.63, 3.8) is 0 Å². The molecule has 4 N–H and O–H groups in total. The first kappa shape index (κ1) is 19.6. The summed E-state index contributed by atoms with van der Waals surface area (Å²) >= 11 is 5.61. The highest BCUT2D eigenvalue weighted by Crippen LogP contribution is 2.36. The minimum Gasteiger partial charge on any atom is -0.374 e. The summed E-state index contributed by atoms with van der Waals surface area (Å²) in [5.41, 5.74) is 4.41. The van der Waals surface area contributed by atoms with Gasteiger partial charge in [-0.25, -0.2) is 0 Å². The Morgan fingerprint density at radius 2 is 1.85 bits per heavy atom. The van der Waals surface area contributed by atoms with E-state index in [1.54, 1.807) is 12.1 Å². The van der Waals surface area contributed by atoms with E-state index in [2.05, 4.69) is 10.6 Å². The van der Waals surface area contributed by atoms with Crippen LogP contribution in [-0.2, 0) is 11.0 Å². The normalized spacial score (nSPS) is 12.3. The van der Waals surface area contributed by atoms with Gasteiger partial charge in [-0.3, -0.25) is 9.59 Å². The molecule has 2 aromatic carbocycles. The summed E-state index contributed by atoms with van der Waals surface area (Å²) in [7, 11) is 0. The van der Waals surface area contributed by atoms with Crippen molar-refractivity contribution in [3.8, 4) is 0 Å². The van der Waals surface area contributed by atoms with Crippen LogP contribution >= 0.6 is 11.6 Å². The fourth-order valence-corrected chi connectivity index (χ4v) is 2.35. The first-order chi connectivity index (χ1) is 12.1. The van der Waals surface area contributed by atoms with Gasteiger partial charge in [0.1, 0.15) is 6.04 Å². The van der Waals surface area contributed by atoms with E-state index in [0.717, 1.165) is 12.1 Å². The number of amides is 2. The number of nitrogens with two attached hydrogens (primary N) is 1. The molecule has 0 aliphatic carbocycles. The van der Waals surface area contributed by atoms with Crippen LogP contribution in [0.25, 0.3) is 0 Å². The van der Waals surface area contributed by atoms with Gasteiger partial charge in [-0.2, -0.15) is 13.2 Å². The molecule has 0 aliphatic rings. The Balaban J connectivity index is 2.15. The van der Waals surface area contributed by atoms with Crippen LogP contribution in [0, 0.1) is 0 Å². The lowest BCUT2D eigenvalue weighted by Crippen LogP contribution is -2.32. The second-order valence-corrected chi connectivity index (χ2v) is 5.92. The minimum atomic E-state index is -4.67. The van der Waals surface area contributed by atoms with Crippen LogP contribution in [0.1, 0.15) is 22.8 Å². The van der Waals surface area contributed by atoms with Crippen molar-refractivity contribution in [1.82, 2.24) is 0 Å². The van der Waals surface area contributed by atoms with Crippen LogP contribution in [0.4, 0.5) is 24.5 Å². The van der Waals surface area contributed by atoms with E-state index in [0.29, 0.717) is 5.69 Å². The van der Waals surface area contributed by atoms with Crippen LogP contribution in [0.2, 0.25) is 5.02 Å². The average molecular weight is 386 g/mol. The van der Waals surface area contributed by atoms with E-state index in [-0.39, 0.29) is 10.6 Å². The average Bonchev–Trinajstić information content (AvgIpc) is 2.55. The van der Waals surface area contributed by atoms with Gasteiger partial charge < -0.3 is 16.4 Å². The number of rotatable bonds is 5. The number of anilines is 2. The number of hydrogen-bond acceptors (Lipinski definition) is 3. The molecule has 2 aromatic rings. The first-order valence-electron chi connectivity index (χ1n) is 7.42. The first-order valence-corrected chi connectivity index (χ1v) is 7.79. The largest absolute Gasteiger partial charge is 0.418 e. The zero-order valence-corrected chi connectivity index (χ0v) is 14.3. The van der Waals surface area contributed by atoms with E-state index >= 15 is 0 Å². The standard InChI is InChI=1S/C17H15ClF3N3O2/c1-9(23-12-4-2-3-10(7-12)15(22)25)16(26)24-14-6-5-11(18)8-13(14)17(19,20)21/h2-9,23H,1H3,(H2,22,25)(H,24,26). The molecule has 0 aliphatic heterocycles. The van der Waals surface area contributed by atoms with Crippen molar-refractivity contribution in [2.75, 3.05) is 10.6 Å². The lowest BCUT2D eigenvalue weighted by molar-refractivity contribution is -0.137. The predicted octanol–water partition coefficient (Wildman–Crippen LogP) is 3.90. The summed E-state index contributed by atoms with van der Waals surface area (Å²) in [5.74, 6) is -1.33. The van der Waals surface area contributed by atoms with Gasteiger partial charge in [0.2, 0.25) is 11.8 Å². The Labute approximate surface area is 152 Å². The van der Waals surface area contributed by atoms with E-state index in [4.69, 9.17) is 17.3 Å². The fourth-order valence-electron chi connectivity index (χ4n) is 2.18. The van der Waals surface area contributed by atoms with Gasteiger partial charge in [-0.15, -0.1) is 0 Å². The predicted molar refractivity (Wildman–Crippen MR) is 93.1 cm³/mol. The highest BCUT2D eigenvalue weighted by Gasteiger charge is 2.34. The van der Waals surface area contributed by atoms with E-state index in [9.17, 15) is 22.8 Å². The van der Waals surface area contributed by atoms with Crippen LogP contribution in [0.5, 0.6) is 0 Å². The number of carbonyl (C=O) groups is 2. The third kappa shape index (κ3) is 4.89. The Bertz CT molecular complexity index is 840. The molecule has 0 aromatic heterocycles. The summed E-state index contributed by atoms with van der Waals surface area (Å²) in [6.45, 7) is 1.47. The molecule has 9 heteroatoms. The number of hydrogen-bond donors (Lipinski definition) is 3. The zero-order chi connectivity index (χ0) is 19.5. The molecule has 0 saturated heterocycles. The van der Waals surface area contributed by atoms with Crippen LogP contribution in [-0.4, -0.2) is 17.9 Å². The Kier molecular flexibility index (Phi) is 5.76. The van der Waals surface area contributed by atoms with Crippen molar-refractivity contribution in [2.24, 2.45) is 5.73 Å². The number of benzene rings is 2. The molecule has 0 fully saturated rings. The lowest BCUT2D eigenvalue weighted by Gasteiger charge is -2.18. The topological polar surface area (TPSA) is 84.2 Å². The maximum Gasteiger partial charge on any atom is 0.418 e. The third-order valence-electron chi connectivity index (χ3n) is 3.47. The Hall–Kier alpha value is -2.74. The summed E-state index contributed by atoms with van der Waals surface area (Å²) in [6.07, 6.45) is -4.67. The molecule has 0 heterocycles. The van der Waals surface area contributed by atoms with Gasteiger partial charge in [-0.05, 0) is 43.3 Å². The fraction of sp³-hybridized carbons (Fsp3) is 0.176. The van der Waals surface area contributed by atoms with Crippen molar-refractivity contribution in [3.05, 3.63) is 58.6 Å². The van der Waals surface area contributed by atoms with E-state index < -0.39 is 35.3 Å². The molecule has 26 heavy (non-hydrogen) atoms. The van der Waals surface area contributed by atoms with Crippen molar-refractivity contribution in [1.29, 1.82) is 0 Å². The molecule has 0 bridgehead atoms. The highest BCUT2D eigenvalue weighted by atomic mass is 35.5. The Morgan fingerprint density at radius 3 is 2.46 bits per heavy atom. The highest BCUT2D eigenvalue weighted by molar-refractivity contribution is 6.30. The van der Waals surface area contributed by atoms with Gasteiger partial charge in [0.15, 0.2) is 0 Å². The van der Waals surface area contributed by atoms with Crippen molar-refractivity contribution in [2.45, 2.75) is 19.1 Å². The minimum absolute atomic E-state index is 0.0928. The summed E-state index contributed by atoms with van der Waals surface area (Å²) in [4.78, 5) is 23.4. The molecule has 1 atom stereocenters. The molecule has 2 rings (SSSR count). The maximum absolute atomic E-state index is 13.1. The summed E-state index contributed by atoms with van der Waals surface area (Å²) in [6, 6.07) is 8.30. The summed E-state index contributed by atoms with van der Waals surface area (Å²) < 4.78 is 39.2. The molecule has 0 saturated carbocycles. The number of alkyl halides is 3. The number of nitrogens with one attached hydrogen (secondary N) is 2. The number of primary amides is 1. The van der Waals surface area contributed by atoms with Gasteiger partial charge in [-0.1, -0.05) is 17.7 Å². The molecular weight excluding hydrogens is 371 g/mol. The maximum atomic E-state index is 13.1. The smallest absolute Gasteiger partial charge is 0.374 e. The van der Waals surface area contributed by atoms with Crippen LogP contribution in [0.15, 0.2) is 42.5 Å². The van der Waals surface area contributed by atoms with E-state index in [1.165, 1.54) is 25.1 Å². The van der Waals surface area contributed by atoms with Crippen LogP contribution < -0.4 is 16.4 Å². The van der Waals surface area contributed by atoms with Crippen molar-refractivity contribution >= 4 is 34.8 Å². The lowest BCUT2D eigenvalue weighted by atomic mass is 10.1.